The van der Waals surface area contributed by atoms with Gasteiger partial charge in [0, 0.05) is 42.8 Å². The number of benzene rings is 1. The largest absolute Gasteiger partial charge is 0.467 e. The zero-order valence-corrected chi connectivity index (χ0v) is 24.5. The minimum absolute atomic E-state index is 0.0205. The van der Waals surface area contributed by atoms with Crippen molar-refractivity contribution < 1.29 is 27.5 Å². The molecule has 1 aliphatic rings. The Kier molecular flexibility index (Phi) is 9.87. The lowest BCUT2D eigenvalue weighted by Gasteiger charge is -2.48. The van der Waals surface area contributed by atoms with Crippen LogP contribution in [0, 0.1) is 17.6 Å². The zero-order chi connectivity index (χ0) is 27.6. The first-order valence-electron chi connectivity index (χ1n) is 12.8. The summed E-state index contributed by atoms with van der Waals surface area (Å²) in [5.41, 5.74) is -0.0392. The van der Waals surface area contributed by atoms with Crippen LogP contribution < -0.4 is 0 Å². The zero-order valence-electron chi connectivity index (χ0n) is 23.5. The van der Waals surface area contributed by atoms with Crippen LogP contribution in [0.4, 0.5) is 8.78 Å². The van der Waals surface area contributed by atoms with Gasteiger partial charge in [-0.15, -0.1) is 0 Å². The second-order valence-electron chi connectivity index (χ2n) is 11.8. The number of nitrogens with zero attached hydrogens (tertiary/aromatic N) is 2. The van der Waals surface area contributed by atoms with Gasteiger partial charge in [0.25, 0.3) is 0 Å². The molecular formula is C27H44F2N2O4Si. The summed E-state index contributed by atoms with van der Waals surface area (Å²) >= 11 is 0. The molecule has 1 saturated heterocycles. The maximum Gasteiger partial charge on any atom is 0.329 e. The van der Waals surface area contributed by atoms with Crippen molar-refractivity contribution in [3.63, 3.8) is 0 Å². The number of hydrogen-bond donors (Lipinski definition) is 0. The van der Waals surface area contributed by atoms with Gasteiger partial charge in [-0.3, -0.25) is 9.69 Å². The molecule has 1 amide bonds. The van der Waals surface area contributed by atoms with Crippen LogP contribution in [0.2, 0.25) is 18.1 Å². The molecule has 0 N–H and O–H groups in total. The van der Waals surface area contributed by atoms with E-state index in [0.29, 0.717) is 13.0 Å². The van der Waals surface area contributed by atoms with Crippen molar-refractivity contribution in [2.45, 2.75) is 97.2 Å². The number of methoxy groups -OCH3 is 1. The Morgan fingerprint density at radius 2 is 1.67 bits per heavy atom. The summed E-state index contributed by atoms with van der Waals surface area (Å²) in [5.74, 6) is -2.27. The molecule has 1 aromatic rings. The Morgan fingerprint density at radius 3 is 2.14 bits per heavy atom. The molecule has 0 spiro atoms. The molecule has 204 valence electrons. The fourth-order valence-corrected chi connectivity index (χ4v) is 6.14. The highest BCUT2D eigenvalue weighted by molar-refractivity contribution is 6.74. The summed E-state index contributed by atoms with van der Waals surface area (Å²) < 4.78 is 41.8. The number of esters is 1. The Bertz CT molecular complexity index is 915. The van der Waals surface area contributed by atoms with E-state index < -0.39 is 38.0 Å². The van der Waals surface area contributed by atoms with Gasteiger partial charge in [0.05, 0.1) is 7.11 Å². The lowest BCUT2D eigenvalue weighted by Crippen LogP contribution is -2.63. The van der Waals surface area contributed by atoms with Crippen molar-refractivity contribution in [2.75, 3.05) is 20.2 Å². The lowest BCUT2D eigenvalue weighted by atomic mass is 9.94. The highest BCUT2D eigenvalue weighted by Crippen LogP contribution is 2.40. The third kappa shape index (κ3) is 6.72. The Hall–Kier alpha value is -1.84. The first-order valence-corrected chi connectivity index (χ1v) is 15.7. The molecule has 1 unspecified atom stereocenters. The number of carbonyl (C=O) groups excluding carboxylic acids is 2. The SMILES string of the molecule is COC(=O)[C@H]1CN([C@H](CC(C)O[Si](C)(C)C(C)(C)C)c2c(F)cccc2F)C[C@@H](C)N1C(=O)C(C)C. The first kappa shape index (κ1) is 30.4. The summed E-state index contributed by atoms with van der Waals surface area (Å²) in [7, 11) is -0.850. The number of piperazine rings is 1. The molecule has 0 radical (unpaired) electrons. The van der Waals surface area contributed by atoms with Crippen molar-refractivity contribution >= 4 is 20.2 Å². The number of halogens is 2. The fraction of sp³-hybridized carbons (Fsp3) is 0.704. The van der Waals surface area contributed by atoms with Crippen molar-refractivity contribution in [3.05, 3.63) is 35.4 Å². The van der Waals surface area contributed by atoms with Crippen molar-refractivity contribution in [1.82, 2.24) is 9.80 Å². The molecule has 6 nitrogen and oxygen atoms in total. The molecule has 1 aromatic carbocycles. The Labute approximate surface area is 216 Å². The number of amides is 1. The average Bonchev–Trinajstić information content (AvgIpc) is 2.75. The van der Waals surface area contributed by atoms with Gasteiger partial charge in [0.2, 0.25) is 5.91 Å². The molecule has 0 aliphatic carbocycles. The molecular weight excluding hydrogens is 482 g/mol. The van der Waals surface area contributed by atoms with Crippen LogP contribution in [0.5, 0.6) is 0 Å². The first-order chi connectivity index (χ1) is 16.5. The molecule has 36 heavy (non-hydrogen) atoms. The van der Waals surface area contributed by atoms with E-state index in [4.69, 9.17) is 9.16 Å². The third-order valence-corrected chi connectivity index (χ3v) is 12.2. The van der Waals surface area contributed by atoms with E-state index in [2.05, 4.69) is 33.9 Å². The van der Waals surface area contributed by atoms with Gasteiger partial charge in [-0.25, -0.2) is 13.6 Å². The second kappa shape index (κ2) is 11.7. The van der Waals surface area contributed by atoms with Gasteiger partial charge < -0.3 is 14.1 Å². The third-order valence-electron chi connectivity index (χ3n) is 7.57. The summed E-state index contributed by atoms with van der Waals surface area (Å²) in [6, 6.07) is 1.95. The average molecular weight is 527 g/mol. The van der Waals surface area contributed by atoms with Gasteiger partial charge in [0.1, 0.15) is 17.7 Å². The standard InChI is InChI=1S/C27H44F2N2O4Si/c1-17(2)25(32)31-18(3)15-30(16-23(31)26(33)34-8)22(24-20(28)12-11-13-21(24)29)14-19(4)35-36(9,10)27(5,6)7/h11-13,17-19,22-23H,14-16H2,1-10H3/t18-,19?,22-,23-/m1/s1. The number of carbonyl (C=O) groups is 2. The fourth-order valence-electron chi connectivity index (χ4n) is 4.69. The van der Waals surface area contributed by atoms with E-state index in [1.807, 2.05) is 18.7 Å². The molecule has 9 heteroatoms. The van der Waals surface area contributed by atoms with Crippen molar-refractivity contribution in [3.8, 4) is 0 Å². The van der Waals surface area contributed by atoms with E-state index >= 15 is 8.78 Å². The van der Waals surface area contributed by atoms with Crippen LogP contribution in [-0.4, -0.2) is 68.4 Å². The lowest BCUT2D eigenvalue weighted by molar-refractivity contribution is -0.162. The van der Waals surface area contributed by atoms with E-state index in [1.54, 1.807) is 18.7 Å². The minimum Gasteiger partial charge on any atom is -0.467 e. The highest BCUT2D eigenvalue weighted by atomic mass is 28.4. The Balaban J connectivity index is 2.49. The van der Waals surface area contributed by atoms with E-state index in [0.717, 1.165) is 0 Å². The van der Waals surface area contributed by atoms with Crippen LogP contribution in [0.1, 0.15) is 66.5 Å². The molecule has 2 rings (SSSR count). The highest BCUT2D eigenvalue weighted by Gasteiger charge is 2.44. The van der Waals surface area contributed by atoms with Crippen LogP contribution in [0.3, 0.4) is 0 Å². The molecule has 0 bridgehead atoms. The number of rotatable bonds is 8. The molecule has 0 aromatic heterocycles. The van der Waals surface area contributed by atoms with Gasteiger partial charge in [-0.1, -0.05) is 40.7 Å². The van der Waals surface area contributed by atoms with E-state index in [9.17, 15) is 9.59 Å². The summed E-state index contributed by atoms with van der Waals surface area (Å²) in [4.78, 5) is 29.3. The molecule has 0 saturated carbocycles. The van der Waals surface area contributed by atoms with Crippen LogP contribution >= 0.6 is 0 Å². The molecule has 4 atom stereocenters. The number of ether oxygens (including phenoxy) is 1. The normalized spacial score (nSPS) is 21.4. The molecule has 1 fully saturated rings. The van der Waals surface area contributed by atoms with Crippen molar-refractivity contribution in [1.29, 1.82) is 0 Å². The van der Waals surface area contributed by atoms with Gasteiger partial charge >= 0.3 is 5.97 Å². The maximum atomic E-state index is 15.1. The van der Waals surface area contributed by atoms with Gasteiger partial charge in [-0.2, -0.15) is 0 Å². The quantitative estimate of drug-likeness (QED) is 0.329. The van der Waals surface area contributed by atoms with Crippen LogP contribution in [0.25, 0.3) is 0 Å². The van der Waals surface area contributed by atoms with E-state index in [1.165, 1.54) is 25.3 Å². The van der Waals surface area contributed by atoms with Gasteiger partial charge in [-0.05, 0) is 50.5 Å². The Morgan fingerprint density at radius 1 is 1.11 bits per heavy atom. The van der Waals surface area contributed by atoms with E-state index in [-0.39, 0.29) is 41.1 Å². The maximum absolute atomic E-state index is 15.1. The topological polar surface area (TPSA) is 59.1 Å². The minimum atomic E-state index is -2.13. The summed E-state index contributed by atoms with van der Waals surface area (Å²) in [5, 5.41) is -0.0205. The number of hydrogen-bond acceptors (Lipinski definition) is 5. The molecule has 1 heterocycles. The predicted octanol–water partition coefficient (Wildman–Crippen LogP) is 5.54. The van der Waals surface area contributed by atoms with Crippen molar-refractivity contribution in [2.24, 2.45) is 5.92 Å². The molecule has 1 aliphatic heterocycles. The van der Waals surface area contributed by atoms with Gasteiger partial charge in [0.15, 0.2) is 8.32 Å². The second-order valence-corrected chi connectivity index (χ2v) is 16.6. The van der Waals surface area contributed by atoms with Crippen LogP contribution in [0.15, 0.2) is 18.2 Å². The summed E-state index contributed by atoms with van der Waals surface area (Å²) in [6.07, 6.45) is 0.0560. The predicted molar refractivity (Wildman–Crippen MR) is 140 cm³/mol. The summed E-state index contributed by atoms with van der Waals surface area (Å²) in [6.45, 7) is 18.6. The van der Waals surface area contributed by atoms with Crippen LogP contribution in [-0.2, 0) is 18.8 Å². The monoisotopic (exact) mass is 526 g/mol. The smallest absolute Gasteiger partial charge is 0.329 e.